The highest BCUT2D eigenvalue weighted by Gasteiger charge is 2.32. The molecule has 0 N–H and O–H groups in total. The molecule has 0 radical (unpaired) electrons. The largest absolute Gasteiger partial charge is 0.342 e. The average Bonchev–Trinajstić information content (AvgIpc) is 2.66. The van der Waals surface area contributed by atoms with Crippen molar-refractivity contribution in [2.24, 2.45) is 5.92 Å². The van der Waals surface area contributed by atoms with E-state index in [1.54, 1.807) is 4.90 Å². The highest BCUT2D eigenvalue weighted by atomic mass is 32.3. The quantitative estimate of drug-likeness (QED) is 0.460. The molecule has 1 heterocycles. The normalized spacial score (nSPS) is 19.8. The first-order valence-corrected chi connectivity index (χ1v) is 9.17. The molecule has 0 aliphatic carbocycles. The molecule has 0 bridgehead atoms. The van der Waals surface area contributed by atoms with Crippen LogP contribution in [0.15, 0.2) is 0 Å². The number of nitrogens with zero attached hydrogens (tertiary/aromatic N) is 1. The van der Waals surface area contributed by atoms with Crippen LogP contribution < -0.4 is 0 Å². The van der Waals surface area contributed by atoms with Crippen molar-refractivity contribution in [3.8, 4) is 0 Å². The molecule has 0 aromatic heterocycles. The van der Waals surface area contributed by atoms with E-state index in [9.17, 15) is 17.1 Å². The first-order chi connectivity index (χ1) is 9.42. The number of hydrogen-bond donors (Lipinski definition) is 0. The Kier molecular flexibility index (Phi) is 7.48. The summed E-state index contributed by atoms with van der Waals surface area (Å²) in [4.78, 5) is 13.4. The number of likely N-dealkylation sites (tertiary alicyclic amines) is 1. The number of unbranched alkanes of at least 4 members (excludes halogenated alkanes) is 6. The van der Waals surface area contributed by atoms with E-state index in [1.807, 2.05) is 0 Å². The maximum atomic E-state index is 12.6. The van der Waals surface area contributed by atoms with Gasteiger partial charge in [0.1, 0.15) is 0 Å². The lowest BCUT2D eigenvalue weighted by Gasteiger charge is -2.16. The summed E-state index contributed by atoms with van der Waals surface area (Å²) in [6, 6.07) is 0. The molecule has 20 heavy (non-hydrogen) atoms. The average molecular weight is 307 g/mol. The predicted molar refractivity (Wildman–Crippen MR) is 77.6 cm³/mol. The Balaban J connectivity index is 2.14. The van der Waals surface area contributed by atoms with E-state index in [1.165, 1.54) is 32.1 Å². The van der Waals surface area contributed by atoms with E-state index in [2.05, 4.69) is 6.92 Å². The van der Waals surface area contributed by atoms with Crippen LogP contribution in [0.25, 0.3) is 0 Å². The molecule has 1 aliphatic heterocycles. The molecule has 1 aliphatic rings. The summed E-state index contributed by atoms with van der Waals surface area (Å²) < 4.78 is 33.8. The first kappa shape index (κ1) is 17.4. The monoisotopic (exact) mass is 307 g/mol. The smallest absolute Gasteiger partial charge is 0.302 e. The summed E-state index contributed by atoms with van der Waals surface area (Å²) in [7, 11) is -4.47. The maximum Gasteiger partial charge on any atom is 0.302 e. The summed E-state index contributed by atoms with van der Waals surface area (Å²) in [5.74, 6) is -0.932. The van der Waals surface area contributed by atoms with Crippen LogP contribution in [0.2, 0.25) is 0 Å². The van der Waals surface area contributed by atoms with Crippen LogP contribution in [0.5, 0.6) is 0 Å². The topological polar surface area (TPSA) is 54.5 Å². The van der Waals surface area contributed by atoms with E-state index >= 15 is 0 Å². The molecule has 0 aromatic rings. The van der Waals surface area contributed by atoms with Crippen LogP contribution in [-0.4, -0.2) is 38.1 Å². The van der Waals surface area contributed by atoms with Gasteiger partial charge in [-0.05, 0) is 6.42 Å². The van der Waals surface area contributed by atoms with E-state index in [4.69, 9.17) is 0 Å². The van der Waals surface area contributed by atoms with Gasteiger partial charge in [0, 0.05) is 25.4 Å². The fraction of sp³-hybridized carbons (Fsp3) is 0.929. The molecule has 1 amide bonds. The van der Waals surface area contributed by atoms with Crippen LogP contribution in [0.3, 0.4) is 0 Å². The molecule has 0 saturated carbocycles. The van der Waals surface area contributed by atoms with E-state index in [0.717, 1.165) is 12.8 Å². The second-order valence-corrected chi connectivity index (χ2v) is 7.15. The van der Waals surface area contributed by atoms with Gasteiger partial charge in [-0.2, -0.15) is 8.42 Å². The molecule has 1 rings (SSSR count). The highest BCUT2D eigenvalue weighted by molar-refractivity contribution is 7.86. The van der Waals surface area contributed by atoms with Crippen molar-refractivity contribution in [2.75, 3.05) is 18.8 Å². The molecule has 1 fully saturated rings. The molecule has 1 unspecified atom stereocenters. The van der Waals surface area contributed by atoms with E-state index in [-0.39, 0.29) is 18.2 Å². The van der Waals surface area contributed by atoms with Crippen molar-refractivity contribution < 1.29 is 17.1 Å². The van der Waals surface area contributed by atoms with Crippen LogP contribution in [0.4, 0.5) is 3.89 Å². The Morgan fingerprint density at radius 1 is 1.15 bits per heavy atom. The highest BCUT2D eigenvalue weighted by Crippen LogP contribution is 2.20. The van der Waals surface area contributed by atoms with E-state index < -0.39 is 16.0 Å². The van der Waals surface area contributed by atoms with Gasteiger partial charge in [0.25, 0.3) is 0 Å². The van der Waals surface area contributed by atoms with Gasteiger partial charge in [0.2, 0.25) is 5.91 Å². The Bertz CT molecular complexity index is 397. The van der Waals surface area contributed by atoms with Crippen molar-refractivity contribution in [3.63, 3.8) is 0 Å². The number of rotatable bonds is 10. The van der Waals surface area contributed by atoms with Gasteiger partial charge >= 0.3 is 10.2 Å². The van der Waals surface area contributed by atoms with Crippen molar-refractivity contribution >= 4 is 16.1 Å². The summed E-state index contributed by atoms with van der Waals surface area (Å²) in [6.07, 6.45) is 8.43. The van der Waals surface area contributed by atoms with E-state index in [0.29, 0.717) is 13.1 Å². The minimum Gasteiger partial charge on any atom is -0.342 e. The van der Waals surface area contributed by atoms with Gasteiger partial charge in [-0.25, -0.2) is 0 Å². The number of hydrogen-bond acceptors (Lipinski definition) is 3. The number of halogens is 1. The summed E-state index contributed by atoms with van der Waals surface area (Å²) in [5.41, 5.74) is 0. The van der Waals surface area contributed by atoms with Gasteiger partial charge in [-0.3, -0.25) is 4.79 Å². The van der Waals surface area contributed by atoms with Crippen molar-refractivity contribution in [1.82, 2.24) is 4.90 Å². The maximum absolute atomic E-state index is 12.6. The SMILES string of the molecule is CCCCCCCCCN1CC(CS(=O)(=O)F)CC1=O. The molecular weight excluding hydrogens is 281 g/mol. The number of carbonyl (C=O) groups excluding carboxylic acids is 1. The number of carbonyl (C=O) groups is 1. The zero-order valence-electron chi connectivity index (χ0n) is 12.3. The first-order valence-electron chi connectivity index (χ1n) is 7.62. The predicted octanol–water partition coefficient (Wildman–Crippen LogP) is 2.88. The molecule has 118 valence electrons. The third-order valence-electron chi connectivity index (χ3n) is 3.76. The summed E-state index contributed by atoms with van der Waals surface area (Å²) in [6.45, 7) is 3.25. The van der Waals surface area contributed by atoms with Gasteiger partial charge in [-0.1, -0.05) is 45.4 Å². The standard InChI is InChI=1S/C14H26FNO3S/c1-2-3-4-5-6-7-8-9-16-11-13(10-14(16)17)12-20(15,18)19/h13H,2-12H2,1H3. The van der Waals surface area contributed by atoms with Crippen molar-refractivity contribution in [2.45, 2.75) is 58.3 Å². The Morgan fingerprint density at radius 2 is 1.75 bits per heavy atom. The van der Waals surface area contributed by atoms with Crippen LogP contribution >= 0.6 is 0 Å². The van der Waals surface area contributed by atoms with Crippen LogP contribution in [0.1, 0.15) is 58.3 Å². The van der Waals surface area contributed by atoms with Crippen LogP contribution in [-0.2, 0) is 15.0 Å². The summed E-state index contributed by atoms with van der Waals surface area (Å²) >= 11 is 0. The summed E-state index contributed by atoms with van der Waals surface area (Å²) in [5, 5.41) is 0. The molecule has 1 atom stereocenters. The fourth-order valence-electron chi connectivity index (χ4n) is 2.72. The lowest BCUT2D eigenvalue weighted by atomic mass is 10.1. The fourth-order valence-corrected chi connectivity index (χ4v) is 3.51. The second-order valence-electron chi connectivity index (χ2n) is 5.74. The molecular formula is C14H26FNO3S. The Hall–Kier alpha value is -0.650. The third kappa shape index (κ3) is 7.22. The van der Waals surface area contributed by atoms with Crippen molar-refractivity contribution in [3.05, 3.63) is 0 Å². The molecule has 6 heteroatoms. The van der Waals surface area contributed by atoms with Gasteiger partial charge in [0.05, 0.1) is 5.75 Å². The third-order valence-corrected chi connectivity index (χ3v) is 4.63. The Labute approximate surface area is 121 Å². The van der Waals surface area contributed by atoms with Crippen LogP contribution in [0, 0.1) is 5.92 Å². The van der Waals surface area contributed by atoms with Gasteiger partial charge in [-0.15, -0.1) is 3.89 Å². The molecule has 1 saturated heterocycles. The number of amides is 1. The zero-order valence-corrected chi connectivity index (χ0v) is 13.1. The minimum atomic E-state index is -4.47. The second kappa shape index (κ2) is 8.60. The lowest BCUT2D eigenvalue weighted by Crippen LogP contribution is -2.27. The minimum absolute atomic E-state index is 0.0374. The van der Waals surface area contributed by atoms with Crippen molar-refractivity contribution in [1.29, 1.82) is 0 Å². The zero-order chi connectivity index (χ0) is 15.0. The lowest BCUT2D eigenvalue weighted by molar-refractivity contribution is -0.127. The molecule has 0 aromatic carbocycles. The van der Waals surface area contributed by atoms with Gasteiger partial charge in [0.15, 0.2) is 0 Å². The van der Waals surface area contributed by atoms with Gasteiger partial charge < -0.3 is 4.90 Å². The Morgan fingerprint density at radius 3 is 2.35 bits per heavy atom. The molecule has 4 nitrogen and oxygen atoms in total. The molecule has 0 spiro atoms.